The first-order valence-electron chi connectivity index (χ1n) is 8.55. The van der Waals surface area contributed by atoms with E-state index in [0.29, 0.717) is 17.6 Å². The van der Waals surface area contributed by atoms with Gasteiger partial charge in [-0.15, -0.1) is 0 Å². The van der Waals surface area contributed by atoms with Gasteiger partial charge in [0.15, 0.2) is 0 Å². The lowest BCUT2D eigenvalue weighted by molar-refractivity contribution is 0.482. The van der Waals surface area contributed by atoms with Crippen LogP contribution in [0.5, 0.6) is 0 Å². The Morgan fingerprint density at radius 3 is 1.96 bits per heavy atom. The van der Waals surface area contributed by atoms with E-state index in [1.54, 1.807) is 36.4 Å². The van der Waals surface area contributed by atoms with E-state index < -0.39 is 20.2 Å². The molecule has 0 aliphatic heterocycles. The van der Waals surface area contributed by atoms with Gasteiger partial charge in [-0.25, -0.2) is 0 Å². The van der Waals surface area contributed by atoms with Crippen molar-refractivity contribution in [1.82, 2.24) is 0 Å². The number of benzene rings is 2. The van der Waals surface area contributed by atoms with Crippen LogP contribution >= 0.6 is 0 Å². The van der Waals surface area contributed by atoms with Crippen molar-refractivity contribution < 1.29 is 25.9 Å². The molecule has 0 fully saturated rings. The van der Waals surface area contributed by atoms with Crippen molar-refractivity contribution in [2.45, 2.75) is 31.6 Å². The Labute approximate surface area is 166 Å². The van der Waals surface area contributed by atoms with Gasteiger partial charge in [0.25, 0.3) is 20.2 Å². The van der Waals surface area contributed by atoms with Gasteiger partial charge in [0.2, 0.25) is 0 Å². The van der Waals surface area contributed by atoms with Crippen molar-refractivity contribution in [3.63, 3.8) is 0 Å². The monoisotopic (exact) mass is 424 g/mol. The smallest absolute Gasteiger partial charge is 0.282 e. The van der Waals surface area contributed by atoms with E-state index in [0.717, 1.165) is 17.4 Å². The van der Waals surface area contributed by atoms with Gasteiger partial charge in [-0.3, -0.25) is 9.11 Å². The highest BCUT2D eigenvalue weighted by Crippen LogP contribution is 2.18. The van der Waals surface area contributed by atoms with Crippen LogP contribution in [-0.2, 0) is 20.2 Å². The Hall–Kier alpha value is -2.26. The summed E-state index contributed by atoms with van der Waals surface area (Å²) in [5, 5.41) is 0.891. The summed E-state index contributed by atoms with van der Waals surface area (Å²) in [7, 11) is -8.16. The molecule has 2 aromatic rings. The number of allylic oxidation sites excluding steroid dienone is 2. The second-order valence-corrected chi connectivity index (χ2v) is 8.36. The van der Waals surface area contributed by atoms with Crippen molar-refractivity contribution >= 4 is 31.9 Å². The Bertz CT molecular complexity index is 1020. The highest BCUT2D eigenvalue weighted by atomic mass is 32.2. The lowest BCUT2D eigenvalue weighted by Crippen LogP contribution is -2.00. The summed E-state index contributed by atoms with van der Waals surface area (Å²) in [6, 6.07) is 15.4. The van der Waals surface area contributed by atoms with Crippen molar-refractivity contribution in [1.29, 1.82) is 0 Å². The first-order chi connectivity index (χ1) is 13.1. The zero-order chi connectivity index (χ0) is 21.2. The standard InChI is InChI=1S/2C10H12O3S/c1-2-9(8-14(11,12)13)10-6-4-3-5-7-10;1-2-3-6-9-7-4-5-8-10(9)14(11,12)13/h2*3-8H,2H2,1H3,(H,11,12,13). The molecule has 0 atom stereocenters. The molecule has 0 radical (unpaired) electrons. The zero-order valence-electron chi connectivity index (χ0n) is 15.7. The topological polar surface area (TPSA) is 109 Å². The van der Waals surface area contributed by atoms with Crippen LogP contribution in [0, 0.1) is 0 Å². The summed E-state index contributed by atoms with van der Waals surface area (Å²) in [5.41, 5.74) is 1.93. The highest BCUT2D eigenvalue weighted by molar-refractivity contribution is 7.89. The largest absolute Gasteiger partial charge is 0.295 e. The Morgan fingerprint density at radius 2 is 1.46 bits per heavy atom. The van der Waals surface area contributed by atoms with Gasteiger partial charge in [0, 0.05) is 0 Å². The predicted octanol–water partition coefficient (Wildman–Crippen LogP) is 4.68. The summed E-state index contributed by atoms with van der Waals surface area (Å²) < 4.78 is 60.8. The summed E-state index contributed by atoms with van der Waals surface area (Å²) in [4.78, 5) is -0.0512. The molecule has 152 valence electrons. The van der Waals surface area contributed by atoms with Gasteiger partial charge < -0.3 is 0 Å². The van der Waals surface area contributed by atoms with Crippen LogP contribution in [0.1, 0.15) is 37.8 Å². The molecule has 2 rings (SSSR count). The molecule has 0 aliphatic carbocycles. The summed E-state index contributed by atoms with van der Waals surface area (Å²) in [6.07, 6.45) is 4.90. The zero-order valence-corrected chi connectivity index (χ0v) is 17.3. The summed E-state index contributed by atoms with van der Waals surface area (Å²) in [6.45, 7) is 3.79. The fourth-order valence-corrected chi connectivity index (χ4v) is 3.63. The Morgan fingerprint density at radius 1 is 0.893 bits per heavy atom. The highest BCUT2D eigenvalue weighted by Gasteiger charge is 2.12. The lowest BCUT2D eigenvalue weighted by atomic mass is 10.1. The fraction of sp³-hybridized carbons (Fsp3) is 0.200. The number of hydrogen-bond acceptors (Lipinski definition) is 4. The average Bonchev–Trinajstić information content (AvgIpc) is 2.64. The van der Waals surface area contributed by atoms with Gasteiger partial charge >= 0.3 is 0 Å². The molecule has 8 heteroatoms. The molecule has 0 saturated heterocycles. The van der Waals surface area contributed by atoms with Crippen LogP contribution in [0.2, 0.25) is 0 Å². The fourth-order valence-electron chi connectivity index (χ4n) is 2.29. The van der Waals surface area contributed by atoms with E-state index in [1.165, 1.54) is 6.07 Å². The second kappa shape index (κ2) is 10.9. The van der Waals surface area contributed by atoms with E-state index in [2.05, 4.69) is 0 Å². The average molecular weight is 425 g/mol. The van der Waals surface area contributed by atoms with Gasteiger partial charge in [-0.05, 0) is 35.6 Å². The molecule has 0 aromatic heterocycles. The predicted molar refractivity (Wildman–Crippen MR) is 112 cm³/mol. The third kappa shape index (κ3) is 8.62. The maximum atomic E-state index is 10.9. The molecule has 0 unspecified atom stereocenters. The van der Waals surface area contributed by atoms with E-state index in [9.17, 15) is 16.8 Å². The third-order valence-electron chi connectivity index (χ3n) is 3.55. The van der Waals surface area contributed by atoms with Crippen LogP contribution in [0.3, 0.4) is 0 Å². The SMILES string of the molecule is CCC(=CS(=O)(=O)O)c1ccccc1.CCC=Cc1ccccc1S(=O)(=O)O. The van der Waals surface area contributed by atoms with Crippen molar-refractivity contribution in [3.05, 3.63) is 77.2 Å². The third-order valence-corrected chi connectivity index (χ3v) is 5.06. The first-order valence-corrected chi connectivity index (χ1v) is 11.5. The van der Waals surface area contributed by atoms with Gasteiger partial charge in [-0.1, -0.05) is 74.5 Å². The molecule has 0 bridgehead atoms. The van der Waals surface area contributed by atoms with Gasteiger partial charge in [0.05, 0.1) is 5.41 Å². The molecule has 2 aromatic carbocycles. The van der Waals surface area contributed by atoms with E-state index in [4.69, 9.17) is 9.11 Å². The van der Waals surface area contributed by atoms with E-state index in [-0.39, 0.29) is 4.90 Å². The van der Waals surface area contributed by atoms with Crippen molar-refractivity contribution in [2.75, 3.05) is 0 Å². The Kier molecular flexibility index (Phi) is 9.27. The minimum atomic E-state index is -4.12. The molecule has 0 heterocycles. The van der Waals surface area contributed by atoms with Gasteiger partial charge in [-0.2, -0.15) is 16.8 Å². The minimum absolute atomic E-state index is 0.0512. The van der Waals surface area contributed by atoms with Crippen LogP contribution in [0.4, 0.5) is 0 Å². The normalized spacial score (nSPS) is 12.5. The molecule has 6 nitrogen and oxygen atoms in total. The van der Waals surface area contributed by atoms with Crippen LogP contribution in [0.15, 0.2) is 71.0 Å². The maximum Gasteiger partial charge on any atom is 0.295 e. The first kappa shape index (κ1) is 23.8. The molecule has 0 aliphatic rings. The van der Waals surface area contributed by atoms with Crippen molar-refractivity contribution in [2.24, 2.45) is 0 Å². The van der Waals surface area contributed by atoms with Crippen LogP contribution in [0.25, 0.3) is 11.6 Å². The second-order valence-electron chi connectivity index (χ2n) is 5.70. The molecule has 2 N–H and O–H groups in total. The van der Waals surface area contributed by atoms with Crippen LogP contribution < -0.4 is 0 Å². The number of rotatable bonds is 6. The molecular formula is C20H24O6S2. The summed E-state index contributed by atoms with van der Waals surface area (Å²) >= 11 is 0. The number of hydrogen-bond donors (Lipinski definition) is 2. The summed E-state index contributed by atoms with van der Waals surface area (Å²) in [5.74, 6) is 0. The Balaban J connectivity index is 0.000000280. The van der Waals surface area contributed by atoms with Crippen LogP contribution in [-0.4, -0.2) is 25.9 Å². The quantitative estimate of drug-likeness (QED) is 0.652. The molecular weight excluding hydrogens is 400 g/mol. The van der Waals surface area contributed by atoms with E-state index >= 15 is 0 Å². The lowest BCUT2D eigenvalue weighted by Gasteiger charge is -2.02. The molecule has 0 spiro atoms. The van der Waals surface area contributed by atoms with E-state index in [1.807, 2.05) is 38.1 Å². The molecule has 0 amide bonds. The molecule has 0 saturated carbocycles. The van der Waals surface area contributed by atoms with Crippen molar-refractivity contribution in [3.8, 4) is 0 Å². The maximum absolute atomic E-state index is 10.9. The molecule has 28 heavy (non-hydrogen) atoms. The van der Waals surface area contributed by atoms with Gasteiger partial charge in [0.1, 0.15) is 4.90 Å². The minimum Gasteiger partial charge on any atom is -0.282 e.